The van der Waals surface area contributed by atoms with Crippen LogP contribution in [0.15, 0.2) is 24.3 Å². The van der Waals surface area contributed by atoms with Gasteiger partial charge < -0.3 is 10.1 Å². The van der Waals surface area contributed by atoms with Crippen molar-refractivity contribution in [3.63, 3.8) is 0 Å². The Balaban J connectivity index is 2.03. The number of nitrogens with one attached hydrogen (secondary N) is 1. The molecule has 0 unspecified atom stereocenters. The van der Waals surface area contributed by atoms with Crippen LogP contribution in [0.1, 0.15) is 25.2 Å². The second kappa shape index (κ2) is 6.41. The fourth-order valence-electron chi connectivity index (χ4n) is 1.99. The summed E-state index contributed by atoms with van der Waals surface area (Å²) < 4.78 is 20.7. The van der Waals surface area contributed by atoms with Gasteiger partial charge in [-0.3, -0.25) is 4.68 Å². The Morgan fingerprint density at radius 2 is 2.10 bits per heavy atom. The van der Waals surface area contributed by atoms with Crippen LogP contribution in [-0.2, 0) is 20.0 Å². The number of nitrogens with zero attached hydrogens (tertiary/aromatic N) is 2. The van der Waals surface area contributed by atoms with Gasteiger partial charge in [0, 0.05) is 18.8 Å². The van der Waals surface area contributed by atoms with Gasteiger partial charge in [-0.25, -0.2) is 4.39 Å². The molecule has 4 nitrogen and oxygen atoms in total. The monoisotopic (exact) mass is 277 g/mol. The third kappa shape index (κ3) is 3.29. The molecule has 108 valence electrons. The number of benzene rings is 1. The van der Waals surface area contributed by atoms with Gasteiger partial charge in [-0.2, -0.15) is 5.10 Å². The summed E-state index contributed by atoms with van der Waals surface area (Å²) in [6.45, 7) is 4.97. The van der Waals surface area contributed by atoms with E-state index in [4.69, 9.17) is 4.74 Å². The molecule has 0 saturated carbocycles. The van der Waals surface area contributed by atoms with Crippen LogP contribution in [0.4, 0.5) is 10.1 Å². The van der Waals surface area contributed by atoms with Gasteiger partial charge >= 0.3 is 0 Å². The highest BCUT2D eigenvalue weighted by Crippen LogP contribution is 2.21. The van der Waals surface area contributed by atoms with Gasteiger partial charge in [-0.1, -0.05) is 6.92 Å². The lowest BCUT2D eigenvalue weighted by Gasteiger charge is -2.09. The summed E-state index contributed by atoms with van der Waals surface area (Å²) in [6.07, 6.45) is 0.908. The zero-order chi connectivity index (χ0) is 14.5. The molecule has 2 aromatic rings. The number of aromatic nitrogens is 2. The van der Waals surface area contributed by atoms with E-state index in [1.54, 1.807) is 6.07 Å². The first-order chi connectivity index (χ1) is 9.63. The van der Waals surface area contributed by atoms with Gasteiger partial charge in [-0.05, 0) is 31.5 Å². The minimum absolute atomic E-state index is 0.284. The summed E-state index contributed by atoms with van der Waals surface area (Å²) >= 11 is 0. The lowest BCUT2D eigenvalue weighted by Crippen LogP contribution is -2.05. The molecule has 0 aliphatic carbocycles. The summed E-state index contributed by atoms with van der Waals surface area (Å²) in [4.78, 5) is 0. The van der Waals surface area contributed by atoms with Gasteiger partial charge in [-0.15, -0.1) is 0 Å². The quantitative estimate of drug-likeness (QED) is 0.881. The molecule has 1 N–H and O–H groups in total. The Morgan fingerprint density at radius 3 is 2.70 bits per heavy atom. The summed E-state index contributed by atoms with van der Waals surface area (Å²) in [6, 6.07) is 6.95. The second-order valence-electron chi connectivity index (χ2n) is 4.54. The molecule has 2 rings (SSSR count). The van der Waals surface area contributed by atoms with Crippen LogP contribution in [-0.4, -0.2) is 16.4 Å². The van der Waals surface area contributed by atoms with E-state index < -0.39 is 0 Å². The van der Waals surface area contributed by atoms with Crippen molar-refractivity contribution < 1.29 is 9.13 Å². The largest absolute Gasteiger partial charge is 0.491 e. The van der Waals surface area contributed by atoms with Crippen molar-refractivity contribution in [2.75, 3.05) is 11.9 Å². The molecule has 0 aliphatic rings. The topological polar surface area (TPSA) is 39.1 Å². The molecule has 0 bridgehead atoms. The van der Waals surface area contributed by atoms with Crippen molar-refractivity contribution in [3.05, 3.63) is 41.5 Å². The third-order valence-corrected chi connectivity index (χ3v) is 3.09. The van der Waals surface area contributed by atoms with Crippen molar-refractivity contribution in [2.45, 2.75) is 26.8 Å². The average Bonchev–Trinajstić information content (AvgIpc) is 2.80. The van der Waals surface area contributed by atoms with Crippen LogP contribution < -0.4 is 10.1 Å². The molecule has 1 aromatic heterocycles. The van der Waals surface area contributed by atoms with Crippen LogP contribution >= 0.6 is 0 Å². The Bertz CT molecular complexity index is 580. The Labute approximate surface area is 118 Å². The van der Waals surface area contributed by atoms with Crippen LogP contribution in [0.5, 0.6) is 5.75 Å². The molecule has 0 fully saturated rings. The summed E-state index contributed by atoms with van der Waals surface area (Å²) in [5.41, 5.74) is 2.85. The lowest BCUT2D eigenvalue weighted by atomic mass is 10.2. The maximum Gasteiger partial charge on any atom is 0.167 e. The number of hydrogen-bond donors (Lipinski definition) is 1. The van der Waals surface area contributed by atoms with E-state index in [1.165, 1.54) is 6.07 Å². The van der Waals surface area contributed by atoms with E-state index in [2.05, 4.69) is 23.4 Å². The number of aryl methyl sites for hydroxylation is 2. The van der Waals surface area contributed by atoms with Gasteiger partial charge in [0.05, 0.1) is 24.5 Å². The molecule has 20 heavy (non-hydrogen) atoms. The normalized spacial score (nSPS) is 10.6. The number of ether oxygens (including phenoxy) is 1. The average molecular weight is 277 g/mol. The molecule has 0 saturated heterocycles. The Hall–Kier alpha value is -2.04. The predicted molar refractivity (Wildman–Crippen MR) is 77.5 cm³/mol. The van der Waals surface area contributed by atoms with Crippen molar-refractivity contribution in [2.24, 2.45) is 7.05 Å². The van der Waals surface area contributed by atoms with Crippen LogP contribution in [0.2, 0.25) is 0 Å². The third-order valence-electron chi connectivity index (χ3n) is 3.09. The van der Waals surface area contributed by atoms with Gasteiger partial charge in [0.1, 0.15) is 0 Å². The molecule has 5 heteroatoms. The molecular weight excluding hydrogens is 257 g/mol. The van der Waals surface area contributed by atoms with Crippen LogP contribution in [0, 0.1) is 5.82 Å². The summed E-state index contributed by atoms with van der Waals surface area (Å²) in [5, 5.41) is 7.57. The Kier molecular flexibility index (Phi) is 4.61. The van der Waals surface area contributed by atoms with Gasteiger partial charge in [0.15, 0.2) is 11.6 Å². The minimum atomic E-state index is -0.351. The summed E-state index contributed by atoms with van der Waals surface area (Å²) in [7, 11) is 1.91. The predicted octanol–water partition coefficient (Wildman–Crippen LogP) is 3.13. The Morgan fingerprint density at radius 1 is 1.30 bits per heavy atom. The molecule has 1 aromatic carbocycles. The number of rotatable bonds is 6. The maximum absolute atomic E-state index is 13.7. The first-order valence-electron chi connectivity index (χ1n) is 6.82. The summed E-state index contributed by atoms with van der Waals surface area (Å²) in [5.74, 6) is -0.0667. The first-order valence-corrected chi connectivity index (χ1v) is 6.82. The molecule has 1 heterocycles. The van der Waals surface area contributed by atoms with Crippen LogP contribution in [0.25, 0.3) is 0 Å². The highest BCUT2D eigenvalue weighted by molar-refractivity contribution is 5.47. The van der Waals surface area contributed by atoms with Crippen molar-refractivity contribution >= 4 is 5.69 Å². The zero-order valence-corrected chi connectivity index (χ0v) is 12.1. The van der Waals surface area contributed by atoms with E-state index >= 15 is 0 Å². The number of hydrogen-bond acceptors (Lipinski definition) is 3. The molecule has 0 atom stereocenters. The number of anilines is 1. The minimum Gasteiger partial charge on any atom is -0.491 e. The SMILES string of the molecule is CCOc1ccc(NCc2cc(CC)nn2C)cc1F. The van der Waals surface area contributed by atoms with Gasteiger partial charge in [0.2, 0.25) is 0 Å². The molecular formula is C15H20FN3O. The molecule has 0 radical (unpaired) electrons. The van der Waals surface area contributed by atoms with E-state index in [0.29, 0.717) is 13.2 Å². The highest BCUT2D eigenvalue weighted by atomic mass is 19.1. The first kappa shape index (κ1) is 14.4. The fourth-order valence-corrected chi connectivity index (χ4v) is 1.99. The maximum atomic E-state index is 13.7. The van der Waals surface area contributed by atoms with Gasteiger partial charge in [0.25, 0.3) is 0 Å². The zero-order valence-electron chi connectivity index (χ0n) is 12.1. The van der Waals surface area contributed by atoms with Crippen molar-refractivity contribution in [1.29, 1.82) is 0 Å². The van der Waals surface area contributed by atoms with E-state index in [1.807, 2.05) is 24.7 Å². The standard InChI is InChI=1S/C15H20FN3O/c1-4-11-8-13(19(3)18-11)10-17-12-6-7-15(20-5-2)14(16)9-12/h6-9,17H,4-5,10H2,1-3H3. The van der Waals surface area contributed by atoms with Crippen molar-refractivity contribution in [1.82, 2.24) is 9.78 Å². The second-order valence-corrected chi connectivity index (χ2v) is 4.54. The fraction of sp³-hybridized carbons (Fsp3) is 0.400. The van der Waals surface area contributed by atoms with E-state index in [9.17, 15) is 4.39 Å². The molecule has 0 spiro atoms. The lowest BCUT2D eigenvalue weighted by molar-refractivity contribution is 0.321. The van der Waals surface area contributed by atoms with Crippen molar-refractivity contribution in [3.8, 4) is 5.75 Å². The molecule has 0 aliphatic heterocycles. The highest BCUT2D eigenvalue weighted by Gasteiger charge is 2.06. The number of halogens is 1. The molecule has 0 amide bonds. The smallest absolute Gasteiger partial charge is 0.167 e. The van der Waals surface area contributed by atoms with E-state index in [0.717, 1.165) is 23.5 Å². The van der Waals surface area contributed by atoms with Crippen LogP contribution in [0.3, 0.4) is 0 Å². The van der Waals surface area contributed by atoms with E-state index in [-0.39, 0.29) is 11.6 Å².